The maximum atomic E-state index is 10.9. The largest absolute Gasteiger partial charge is 0.502 e. The van der Waals surface area contributed by atoms with Gasteiger partial charge >= 0.3 is 5.69 Å². The molecule has 1 aliphatic carbocycles. The van der Waals surface area contributed by atoms with Crippen molar-refractivity contribution < 1.29 is 10.0 Å². The number of nitro benzene ring substituents is 1. The van der Waals surface area contributed by atoms with Gasteiger partial charge in [0, 0.05) is 28.4 Å². The molecule has 0 aromatic heterocycles. The van der Waals surface area contributed by atoms with Crippen molar-refractivity contribution in [2.75, 3.05) is 20.6 Å². The molecule has 1 aliphatic rings. The highest BCUT2D eigenvalue weighted by atomic mass is 35.5. The van der Waals surface area contributed by atoms with Crippen LogP contribution >= 0.6 is 11.6 Å². The van der Waals surface area contributed by atoms with Gasteiger partial charge < -0.3 is 10.0 Å². The van der Waals surface area contributed by atoms with Gasteiger partial charge in [-0.25, -0.2) is 0 Å². The van der Waals surface area contributed by atoms with E-state index in [-0.39, 0.29) is 16.1 Å². The number of phenols is 1. The number of nitrogens with zero attached hydrogens (tertiary/aromatic N) is 3. The van der Waals surface area contributed by atoms with Gasteiger partial charge in [-0.05, 0) is 33.0 Å². The second kappa shape index (κ2) is 7.27. The molecule has 23 heavy (non-hydrogen) atoms. The number of hydrogen-bond acceptors (Lipinski definition) is 5. The fourth-order valence-electron chi connectivity index (χ4n) is 3.11. The van der Waals surface area contributed by atoms with Crippen molar-refractivity contribution in [3.8, 4) is 5.75 Å². The molecular formula is C16H22ClN3O3. The van der Waals surface area contributed by atoms with Crippen molar-refractivity contribution in [2.24, 2.45) is 4.99 Å². The summed E-state index contributed by atoms with van der Waals surface area (Å²) >= 11 is 5.89. The SMILES string of the molecule is CN(C)C1(C/N=C/c2cc(Cl)cc([N+](=O)[O-])c2O)CCCCC1. The molecule has 6 nitrogen and oxygen atoms in total. The summed E-state index contributed by atoms with van der Waals surface area (Å²) in [5.41, 5.74) is -0.109. The average Bonchev–Trinajstić information content (AvgIpc) is 2.50. The first-order valence-electron chi connectivity index (χ1n) is 7.70. The van der Waals surface area contributed by atoms with Gasteiger partial charge in [-0.1, -0.05) is 30.9 Å². The summed E-state index contributed by atoms with van der Waals surface area (Å²) in [5, 5.41) is 21.1. The number of hydrogen-bond donors (Lipinski definition) is 1. The molecule has 0 heterocycles. The van der Waals surface area contributed by atoms with E-state index in [0.717, 1.165) is 18.9 Å². The topological polar surface area (TPSA) is 79.0 Å². The third-order valence-electron chi connectivity index (χ3n) is 4.63. The Morgan fingerprint density at radius 3 is 2.61 bits per heavy atom. The second-order valence-corrected chi connectivity index (χ2v) is 6.71. The predicted molar refractivity (Wildman–Crippen MR) is 91.7 cm³/mol. The Hall–Kier alpha value is -1.66. The molecule has 0 bridgehead atoms. The van der Waals surface area contributed by atoms with Crippen LogP contribution in [0.2, 0.25) is 5.02 Å². The predicted octanol–water partition coefficient (Wildman–Crippen LogP) is 3.64. The fourth-order valence-corrected chi connectivity index (χ4v) is 3.33. The van der Waals surface area contributed by atoms with Crippen LogP contribution in [0.15, 0.2) is 17.1 Å². The van der Waals surface area contributed by atoms with Crippen LogP contribution in [0.1, 0.15) is 37.7 Å². The quantitative estimate of drug-likeness (QED) is 0.504. The van der Waals surface area contributed by atoms with E-state index in [2.05, 4.69) is 24.0 Å². The van der Waals surface area contributed by atoms with Crippen LogP contribution in [0.4, 0.5) is 5.69 Å². The Morgan fingerprint density at radius 2 is 2.04 bits per heavy atom. The minimum atomic E-state index is -0.652. The lowest BCUT2D eigenvalue weighted by atomic mass is 9.81. The summed E-state index contributed by atoms with van der Waals surface area (Å²) in [4.78, 5) is 16.9. The number of halogens is 1. The van der Waals surface area contributed by atoms with E-state index >= 15 is 0 Å². The van der Waals surface area contributed by atoms with E-state index in [1.165, 1.54) is 31.5 Å². The summed E-state index contributed by atoms with van der Waals surface area (Å²) in [6.07, 6.45) is 7.26. The first kappa shape index (κ1) is 17.7. The highest BCUT2D eigenvalue weighted by molar-refractivity contribution is 6.31. The molecule has 1 aromatic carbocycles. The van der Waals surface area contributed by atoms with E-state index in [9.17, 15) is 15.2 Å². The molecule has 0 radical (unpaired) electrons. The molecule has 2 rings (SSSR count). The van der Waals surface area contributed by atoms with E-state index in [1.54, 1.807) is 0 Å². The first-order chi connectivity index (χ1) is 10.9. The van der Waals surface area contributed by atoms with E-state index in [1.807, 2.05) is 0 Å². The lowest BCUT2D eigenvalue weighted by Crippen LogP contribution is -2.48. The van der Waals surface area contributed by atoms with Gasteiger partial charge in [-0.2, -0.15) is 0 Å². The molecule has 126 valence electrons. The fraction of sp³-hybridized carbons (Fsp3) is 0.562. The number of nitro groups is 1. The smallest absolute Gasteiger partial charge is 0.312 e. The molecule has 1 aromatic rings. The zero-order valence-corrected chi connectivity index (χ0v) is 14.2. The van der Waals surface area contributed by atoms with Crippen LogP contribution in [0.5, 0.6) is 5.75 Å². The molecule has 0 atom stereocenters. The Kier molecular flexibility index (Phi) is 5.59. The molecule has 7 heteroatoms. The van der Waals surface area contributed by atoms with Gasteiger partial charge in [0.2, 0.25) is 5.75 Å². The third-order valence-corrected chi connectivity index (χ3v) is 4.85. The Bertz CT molecular complexity index is 611. The van der Waals surface area contributed by atoms with E-state index in [4.69, 9.17) is 11.6 Å². The lowest BCUT2D eigenvalue weighted by molar-refractivity contribution is -0.385. The lowest BCUT2D eigenvalue weighted by Gasteiger charge is -2.41. The Labute approximate surface area is 140 Å². The molecule has 0 amide bonds. The highest BCUT2D eigenvalue weighted by Crippen LogP contribution is 2.34. The van der Waals surface area contributed by atoms with Gasteiger partial charge in [0.1, 0.15) is 0 Å². The van der Waals surface area contributed by atoms with Crippen molar-refractivity contribution >= 4 is 23.5 Å². The highest BCUT2D eigenvalue weighted by Gasteiger charge is 2.33. The van der Waals surface area contributed by atoms with Crippen LogP contribution in [0.3, 0.4) is 0 Å². The minimum Gasteiger partial charge on any atom is -0.502 e. The van der Waals surface area contributed by atoms with Gasteiger partial charge in [0.05, 0.1) is 11.5 Å². The van der Waals surface area contributed by atoms with E-state index in [0.29, 0.717) is 6.54 Å². The number of phenolic OH excluding ortho intramolecular Hbond substituents is 1. The van der Waals surface area contributed by atoms with Crippen molar-refractivity contribution in [1.29, 1.82) is 0 Å². The van der Waals surface area contributed by atoms with Crippen molar-refractivity contribution in [3.05, 3.63) is 32.8 Å². The standard InChI is InChI=1S/C16H22ClN3O3/c1-19(2)16(6-4-3-5-7-16)11-18-10-12-8-13(17)9-14(15(12)21)20(22)23/h8-10,21H,3-7,11H2,1-2H3/b18-10+. The molecule has 1 N–H and O–H groups in total. The van der Waals surface area contributed by atoms with Crippen LogP contribution in [0, 0.1) is 10.1 Å². The maximum absolute atomic E-state index is 10.9. The average molecular weight is 340 g/mol. The summed E-state index contributed by atoms with van der Waals surface area (Å²) in [6.45, 7) is 0.597. The van der Waals surface area contributed by atoms with Crippen molar-refractivity contribution in [3.63, 3.8) is 0 Å². The number of likely N-dealkylation sites (N-methyl/N-ethyl adjacent to an activating group) is 1. The maximum Gasteiger partial charge on any atom is 0.312 e. The van der Waals surface area contributed by atoms with Crippen LogP contribution < -0.4 is 0 Å². The molecule has 1 fully saturated rings. The first-order valence-corrected chi connectivity index (χ1v) is 8.08. The van der Waals surface area contributed by atoms with Crippen molar-refractivity contribution in [1.82, 2.24) is 4.90 Å². The number of aliphatic imine (C=N–C) groups is 1. The number of rotatable bonds is 5. The van der Waals surface area contributed by atoms with Crippen LogP contribution in [0.25, 0.3) is 0 Å². The molecule has 1 saturated carbocycles. The van der Waals surface area contributed by atoms with Gasteiger partial charge in [0.25, 0.3) is 0 Å². The molecular weight excluding hydrogens is 318 g/mol. The monoisotopic (exact) mass is 339 g/mol. The van der Waals surface area contributed by atoms with Gasteiger partial charge in [-0.3, -0.25) is 15.1 Å². The summed E-state index contributed by atoms with van der Waals surface area (Å²) in [7, 11) is 4.12. The molecule has 0 aliphatic heterocycles. The zero-order chi connectivity index (χ0) is 17.0. The van der Waals surface area contributed by atoms with Crippen LogP contribution in [-0.4, -0.2) is 47.3 Å². The van der Waals surface area contributed by atoms with Crippen LogP contribution in [-0.2, 0) is 0 Å². The summed E-state index contributed by atoms with van der Waals surface area (Å²) in [6, 6.07) is 2.62. The zero-order valence-electron chi connectivity index (χ0n) is 13.5. The van der Waals surface area contributed by atoms with Gasteiger partial charge in [0.15, 0.2) is 0 Å². The minimum absolute atomic E-state index is 0.0227. The Morgan fingerprint density at radius 1 is 1.39 bits per heavy atom. The second-order valence-electron chi connectivity index (χ2n) is 6.27. The third kappa shape index (κ3) is 4.00. The normalized spacial score (nSPS) is 17.7. The Balaban J connectivity index is 2.21. The molecule has 0 unspecified atom stereocenters. The van der Waals surface area contributed by atoms with Gasteiger partial charge in [-0.15, -0.1) is 0 Å². The number of benzene rings is 1. The summed E-state index contributed by atoms with van der Waals surface area (Å²) in [5.74, 6) is -0.398. The number of aromatic hydroxyl groups is 1. The summed E-state index contributed by atoms with van der Waals surface area (Å²) < 4.78 is 0. The van der Waals surface area contributed by atoms with E-state index < -0.39 is 16.4 Å². The van der Waals surface area contributed by atoms with Crippen molar-refractivity contribution in [2.45, 2.75) is 37.6 Å². The molecule has 0 saturated heterocycles. The molecule has 0 spiro atoms.